The molecular formula is C11H9BrClNO2. The lowest BCUT2D eigenvalue weighted by Gasteiger charge is -2.00. The topological polar surface area (TPSA) is 53.1 Å². The van der Waals surface area contributed by atoms with E-state index in [1.165, 1.54) is 0 Å². The molecule has 0 saturated heterocycles. The molecule has 2 rings (SSSR count). The molecule has 0 atom stereocenters. The van der Waals surface area contributed by atoms with Crippen LogP contribution >= 0.6 is 27.5 Å². The molecule has 0 aliphatic heterocycles. The summed E-state index contributed by atoms with van der Waals surface area (Å²) in [5.41, 5.74) is 1.79. The Balaban J connectivity index is 2.89. The second-order valence-electron chi connectivity index (χ2n) is 3.42. The van der Waals surface area contributed by atoms with E-state index in [2.05, 4.69) is 20.9 Å². The zero-order valence-electron chi connectivity index (χ0n) is 8.47. The van der Waals surface area contributed by atoms with Crippen LogP contribution in [0.4, 0.5) is 0 Å². The third-order valence-electron chi connectivity index (χ3n) is 2.53. The van der Waals surface area contributed by atoms with Gasteiger partial charge in [0.1, 0.15) is 5.69 Å². The molecule has 2 aromatic rings. The Morgan fingerprint density at radius 1 is 1.56 bits per heavy atom. The van der Waals surface area contributed by atoms with E-state index in [1.54, 1.807) is 12.1 Å². The summed E-state index contributed by atoms with van der Waals surface area (Å²) in [5.74, 6) is -0.948. The van der Waals surface area contributed by atoms with Crippen LogP contribution in [0.3, 0.4) is 0 Å². The van der Waals surface area contributed by atoms with Crippen molar-refractivity contribution in [2.45, 2.75) is 13.3 Å². The lowest BCUT2D eigenvalue weighted by atomic mass is 10.1. The van der Waals surface area contributed by atoms with Crippen molar-refractivity contribution in [2.75, 3.05) is 0 Å². The second-order valence-corrected chi connectivity index (χ2v) is 4.62. The number of aromatic nitrogens is 1. The highest BCUT2D eigenvalue weighted by Gasteiger charge is 2.18. The fourth-order valence-electron chi connectivity index (χ4n) is 1.82. The molecule has 0 bridgehead atoms. The van der Waals surface area contributed by atoms with Crippen molar-refractivity contribution in [3.63, 3.8) is 0 Å². The maximum Gasteiger partial charge on any atom is 0.352 e. The Morgan fingerprint density at radius 3 is 2.81 bits per heavy atom. The summed E-state index contributed by atoms with van der Waals surface area (Å²) in [6.45, 7) is 1.92. The average Bonchev–Trinajstić information content (AvgIpc) is 2.62. The van der Waals surface area contributed by atoms with Gasteiger partial charge in [0.2, 0.25) is 0 Å². The van der Waals surface area contributed by atoms with Crippen molar-refractivity contribution in [1.82, 2.24) is 4.98 Å². The van der Waals surface area contributed by atoms with Crippen LogP contribution in [-0.2, 0) is 6.42 Å². The van der Waals surface area contributed by atoms with Gasteiger partial charge < -0.3 is 10.1 Å². The van der Waals surface area contributed by atoms with Crippen LogP contribution in [0.1, 0.15) is 23.0 Å². The van der Waals surface area contributed by atoms with Gasteiger partial charge in [0, 0.05) is 15.4 Å². The number of halogens is 2. The number of aromatic carboxylic acids is 1. The van der Waals surface area contributed by atoms with Gasteiger partial charge in [0.25, 0.3) is 0 Å². The van der Waals surface area contributed by atoms with Crippen LogP contribution in [0.25, 0.3) is 10.9 Å². The lowest BCUT2D eigenvalue weighted by Crippen LogP contribution is -2.00. The van der Waals surface area contributed by atoms with Crippen molar-refractivity contribution < 1.29 is 9.90 Å². The van der Waals surface area contributed by atoms with Crippen molar-refractivity contribution in [3.05, 3.63) is 32.9 Å². The molecule has 0 saturated carbocycles. The highest BCUT2D eigenvalue weighted by atomic mass is 79.9. The zero-order valence-corrected chi connectivity index (χ0v) is 10.8. The SMILES string of the molecule is CCc1c(C(=O)O)[nH]c2ccc(Cl)c(Br)c12. The van der Waals surface area contributed by atoms with Gasteiger partial charge in [-0.2, -0.15) is 0 Å². The monoisotopic (exact) mass is 301 g/mol. The Morgan fingerprint density at radius 2 is 2.25 bits per heavy atom. The number of aryl methyl sites for hydroxylation is 1. The number of carboxylic acids is 1. The first kappa shape index (κ1) is 11.5. The van der Waals surface area contributed by atoms with E-state index in [-0.39, 0.29) is 5.69 Å². The minimum atomic E-state index is -0.948. The fraction of sp³-hybridized carbons (Fsp3) is 0.182. The number of rotatable bonds is 2. The summed E-state index contributed by atoms with van der Waals surface area (Å²) in [6.07, 6.45) is 0.639. The number of H-pyrrole nitrogens is 1. The van der Waals surface area contributed by atoms with Crippen LogP contribution in [0.15, 0.2) is 16.6 Å². The molecule has 1 aromatic heterocycles. The van der Waals surface area contributed by atoms with Gasteiger partial charge in [0.15, 0.2) is 0 Å². The Labute approximate surface area is 106 Å². The zero-order chi connectivity index (χ0) is 11.9. The maximum atomic E-state index is 11.1. The standard InChI is InChI=1S/C11H9BrClNO2/c1-2-5-8-7(14-10(5)11(15)16)4-3-6(13)9(8)12/h3-4,14H,2H2,1H3,(H,15,16). The lowest BCUT2D eigenvalue weighted by molar-refractivity contribution is 0.0690. The van der Waals surface area contributed by atoms with Gasteiger partial charge >= 0.3 is 5.97 Å². The highest BCUT2D eigenvalue weighted by molar-refractivity contribution is 9.10. The molecule has 16 heavy (non-hydrogen) atoms. The number of hydrogen-bond donors (Lipinski definition) is 2. The predicted molar refractivity (Wildman–Crippen MR) is 67.3 cm³/mol. The van der Waals surface area contributed by atoms with Crippen molar-refractivity contribution in [1.29, 1.82) is 0 Å². The van der Waals surface area contributed by atoms with Crippen LogP contribution in [0.5, 0.6) is 0 Å². The Hall–Kier alpha value is -1.000. The second kappa shape index (κ2) is 4.11. The molecular weight excluding hydrogens is 293 g/mol. The van der Waals surface area contributed by atoms with E-state index >= 15 is 0 Å². The van der Waals surface area contributed by atoms with Crippen LogP contribution < -0.4 is 0 Å². The van der Waals surface area contributed by atoms with Gasteiger partial charge in [-0.3, -0.25) is 0 Å². The predicted octanol–water partition coefficient (Wildman–Crippen LogP) is 3.84. The molecule has 0 spiro atoms. The number of nitrogens with one attached hydrogen (secondary N) is 1. The molecule has 0 fully saturated rings. The quantitative estimate of drug-likeness (QED) is 0.885. The summed E-state index contributed by atoms with van der Waals surface area (Å²) >= 11 is 9.39. The third kappa shape index (κ3) is 1.62. The molecule has 0 radical (unpaired) electrons. The first-order valence-corrected chi connectivity index (χ1v) is 5.95. The minimum absolute atomic E-state index is 0.237. The normalized spacial score (nSPS) is 10.9. The van der Waals surface area contributed by atoms with E-state index in [0.29, 0.717) is 11.4 Å². The van der Waals surface area contributed by atoms with E-state index < -0.39 is 5.97 Å². The third-order valence-corrected chi connectivity index (χ3v) is 3.89. The van der Waals surface area contributed by atoms with E-state index in [1.807, 2.05) is 6.92 Å². The first-order chi connectivity index (χ1) is 7.56. The van der Waals surface area contributed by atoms with Crippen LogP contribution in [0, 0.1) is 0 Å². The molecule has 1 heterocycles. The van der Waals surface area contributed by atoms with Crippen LogP contribution in [0.2, 0.25) is 5.02 Å². The van der Waals surface area contributed by atoms with Gasteiger partial charge in [-0.25, -0.2) is 4.79 Å². The number of aromatic amines is 1. The minimum Gasteiger partial charge on any atom is -0.477 e. The van der Waals surface area contributed by atoms with Crippen molar-refractivity contribution in [3.8, 4) is 0 Å². The molecule has 84 valence electrons. The molecule has 5 heteroatoms. The molecule has 0 aliphatic rings. The summed E-state index contributed by atoms with van der Waals surface area (Å²) in [7, 11) is 0. The number of carbonyl (C=O) groups is 1. The smallest absolute Gasteiger partial charge is 0.352 e. The molecule has 0 aliphatic carbocycles. The number of fused-ring (bicyclic) bond motifs is 1. The van der Waals surface area contributed by atoms with Crippen molar-refractivity contribution >= 4 is 44.4 Å². The van der Waals surface area contributed by atoms with Crippen LogP contribution in [-0.4, -0.2) is 16.1 Å². The van der Waals surface area contributed by atoms with Gasteiger partial charge in [-0.1, -0.05) is 18.5 Å². The van der Waals surface area contributed by atoms with E-state index in [4.69, 9.17) is 16.7 Å². The Kier molecular flexibility index (Phi) is 2.95. The number of benzene rings is 1. The summed E-state index contributed by atoms with van der Waals surface area (Å²) < 4.78 is 0.743. The largest absolute Gasteiger partial charge is 0.477 e. The van der Waals surface area contributed by atoms with Gasteiger partial charge in [-0.15, -0.1) is 0 Å². The molecule has 2 N–H and O–H groups in total. The summed E-state index contributed by atoms with van der Waals surface area (Å²) in [5, 5.41) is 10.5. The first-order valence-electron chi connectivity index (χ1n) is 4.78. The molecule has 0 unspecified atom stereocenters. The average molecular weight is 303 g/mol. The molecule has 0 amide bonds. The summed E-state index contributed by atoms with van der Waals surface area (Å²) in [6, 6.07) is 3.52. The maximum absolute atomic E-state index is 11.1. The number of hydrogen-bond acceptors (Lipinski definition) is 1. The molecule has 3 nitrogen and oxygen atoms in total. The van der Waals surface area contributed by atoms with Gasteiger partial charge in [0.05, 0.1) is 5.02 Å². The summed E-state index contributed by atoms with van der Waals surface area (Å²) in [4.78, 5) is 14.0. The number of carboxylic acid groups (broad SMARTS) is 1. The van der Waals surface area contributed by atoms with Gasteiger partial charge in [-0.05, 0) is 40.0 Å². The van der Waals surface area contributed by atoms with Crippen molar-refractivity contribution in [2.24, 2.45) is 0 Å². The highest BCUT2D eigenvalue weighted by Crippen LogP contribution is 2.35. The fourth-order valence-corrected chi connectivity index (χ4v) is 2.56. The van der Waals surface area contributed by atoms with E-state index in [0.717, 1.165) is 20.9 Å². The van der Waals surface area contributed by atoms with E-state index in [9.17, 15) is 4.79 Å². The Bertz CT molecular complexity index is 577. The molecule has 1 aromatic carbocycles.